The van der Waals surface area contributed by atoms with Crippen LogP contribution < -0.4 is 0 Å². The summed E-state index contributed by atoms with van der Waals surface area (Å²) in [5.41, 5.74) is 0. The molecule has 12 radical (unpaired) electrons. The summed E-state index contributed by atoms with van der Waals surface area (Å²) in [6.07, 6.45) is 0. The van der Waals surface area contributed by atoms with Gasteiger partial charge in [-0.15, -0.1) is 0 Å². The van der Waals surface area contributed by atoms with E-state index in [-0.39, 0.29) is 71.0 Å². The van der Waals surface area contributed by atoms with E-state index in [1.807, 2.05) is 0 Å². The third-order valence-electron chi connectivity index (χ3n) is 0. The molecular weight excluding hydrogens is 673 g/mol. The Morgan fingerprint density at radius 1 is 0.417 bits per heavy atom. The molecule has 6 heteroatoms. The molecule has 0 atom stereocenters. The van der Waals surface area contributed by atoms with Crippen molar-refractivity contribution >= 4 is 117 Å². The van der Waals surface area contributed by atoms with Gasteiger partial charge < -0.3 is 0 Å². The van der Waals surface area contributed by atoms with Gasteiger partial charge in [-0.1, -0.05) is 0 Å². The molecule has 0 aliphatic carbocycles. The van der Waals surface area contributed by atoms with Crippen LogP contribution in [0.3, 0.4) is 0 Å². The maximum absolute atomic E-state index is 2.25. The van der Waals surface area contributed by atoms with Crippen LogP contribution in [0.4, 0.5) is 0 Å². The van der Waals surface area contributed by atoms with Crippen LogP contribution in [0, 0.1) is 0 Å². The van der Waals surface area contributed by atoms with Crippen molar-refractivity contribution in [2.75, 3.05) is 0 Å². The van der Waals surface area contributed by atoms with Gasteiger partial charge in [-0.3, -0.25) is 0 Å². The zero-order valence-corrected chi connectivity index (χ0v) is 22.0. The summed E-state index contributed by atoms with van der Waals surface area (Å²) < 4.78 is 0. The monoisotopic (exact) mass is 702 g/mol. The van der Waals surface area contributed by atoms with Gasteiger partial charge in [-0.2, -0.15) is 0 Å². The zero-order valence-electron chi connectivity index (χ0n) is 8.72. The van der Waals surface area contributed by atoms with Gasteiger partial charge in [0.15, 0.2) is 0 Å². The number of hydrogen-bond acceptors (Lipinski definition) is 0. The predicted octanol–water partition coefficient (Wildman–Crippen LogP) is 1.22. The van der Waals surface area contributed by atoms with Crippen LogP contribution in [0.1, 0.15) is 0 Å². The molecular formula is C6H18Ge3Te3. The standard InChI is InChI=1S/3C2H6Ge.3Te/c3*1-3-2;;;/h3*1-2H3;;;. The smallest absolute Gasteiger partial charge is 0 e. The van der Waals surface area contributed by atoms with E-state index in [4.69, 9.17) is 0 Å². The maximum Gasteiger partial charge on any atom is 0 e. The van der Waals surface area contributed by atoms with E-state index in [0.717, 1.165) is 0 Å². The van der Waals surface area contributed by atoms with Crippen molar-refractivity contribution in [1.29, 1.82) is 0 Å². The van der Waals surface area contributed by atoms with Crippen molar-refractivity contribution in [3.8, 4) is 0 Å². The van der Waals surface area contributed by atoms with Crippen molar-refractivity contribution in [3.05, 3.63) is 0 Å². The van der Waals surface area contributed by atoms with E-state index < -0.39 is 0 Å². The Morgan fingerprint density at radius 3 is 0.417 bits per heavy atom. The Labute approximate surface area is 149 Å². The first-order valence-corrected chi connectivity index (χ1v) is 15.6. The number of rotatable bonds is 0. The minimum absolute atomic E-state index is 0. The van der Waals surface area contributed by atoms with Gasteiger partial charge in [0.25, 0.3) is 0 Å². The van der Waals surface area contributed by atoms with Gasteiger partial charge in [0.1, 0.15) is 0 Å². The minimum Gasteiger partial charge on any atom is 0 e. The first-order valence-electron chi connectivity index (χ1n) is 3.00. The van der Waals surface area contributed by atoms with Crippen LogP contribution in [-0.2, 0) is 0 Å². The van der Waals surface area contributed by atoms with Crippen molar-refractivity contribution < 1.29 is 0 Å². The third kappa shape index (κ3) is 148. The van der Waals surface area contributed by atoms with E-state index in [1.54, 1.807) is 0 Å². The molecule has 0 saturated heterocycles. The quantitative estimate of drug-likeness (QED) is 0.336. The van der Waals surface area contributed by atoms with Crippen molar-refractivity contribution in [3.63, 3.8) is 0 Å². The van der Waals surface area contributed by atoms with Gasteiger partial charge >= 0.3 is 80.8 Å². The zero-order chi connectivity index (χ0) is 8.12. The van der Waals surface area contributed by atoms with E-state index in [0.29, 0.717) is 46.3 Å². The summed E-state index contributed by atoms with van der Waals surface area (Å²) in [5, 5.41) is 0. The van der Waals surface area contributed by atoms with E-state index in [9.17, 15) is 0 Å². The Kier molecular flexibility index (Phi) is 180. The van der Waals surface area contributed by atoms with E-state index >= 15 is 0 Å². The van der Waals surface area contributed by atoms with Crippen molar-refractivity contribution in [2.45, 2.75) is 34.5 Å². The summed E-state index contributed by atoms with van der Waals surface area (Å²) in [7, 11) is 0. The molecule has 0 aliphatic rings. The summed E-state index contributed by atoms with van der Waals surface area (Å²) >= 11 is 1.50. The van der Waals surface area contributed by atoms with Crippen LogP contribution in [0.2, 0.25) is 34.5 Å². The molecule has 0 unspecified atom stereocenters. The molecule has 0 saturated carbocycles. The molecule has 0 rings (SSSR count). The van der Waals surface area contributed by atoms with E-state index in [1.165, 1.54) is 0 Å². The van der Waals surface area contributed by atoms with Gasteiger partial charge in [-0.05, 0) is 0 Å². The van der Waals surface area contributed by atoms with Gasteiger partial charge in [0, 0.05) is 71.0 Å². The first kappa shape index (κ1) is 36.0. The molecule has 0 aliphatic heterocycles. The van der Waals surface area contributed by atoms with Gasteiger partial charge in [0.2, 0.25) is 0 Å². The molecule has 0 aromatic rings. The SMILES string of the molecule is [CH3][Ge][CH3].[CH3][Ge][CH3].[CH3][Ge][CH3].[Te].[Te].[Te]. The molecule has 0 aromatic heterocycles. The summed E-state index contributed by atoms with van der Waals surface area (Å²) in [5.74, 6) is 13.5. The molecule has 0 N–H and O–H groups in total. The van der Waals surface area contributed by atoms with Gasteiger partial charge in [-0.25, -0.2) is 0 Å². The molecule has 0 heterocycles. The molecule has 12 heavy (non-hydrogen) atoms. The van der Waals surface area contributed by atoms with Gasteiger partial charge in [0.05, 0.1) is 0 Å². The average Bonchev–Trinajstić information content (AvgIpc) is 1.70. The Bertz CT molecular complexity index is 22.8. The fourth-order valence-electron chi connectivity index (χ4n) is 0. The van der Waals surface area contributed by atoms with Crippen molar-refractivity contribution in [2.24, 2.45) is 0 Å². The fraction of sp³-hybridized carbons (Fsp3) is 1.00. The van der Waals surface area contributed by atoms with Crippen LogP contribution in [0.5, 0.6) is 0 Å². The van der Waals surface area contributed by atoms with Crippen LogP contribution in [0.25, 0.3) is 0 Å². The maximum atomic E-state index is 2.25. The Morgan fingerprint density at radius 2 is 0.417 bits per heavy atom. The second kappa shape index (κ2) is 60.0. The van der Waals surface area contributed by atoms with Crippen LogP contribution in [-0.4, -0.2) is 117 Å². The van der Waals surface area contributed by atoms with Crippen LogP contribution in [0.15, 0.2) is 0 Å². The molecule has 0 bridgehead atoms. The normalized spacial score (nSPS) is 4.50. The fourth-order valence-corrected chi connectivity index (χ4v) is 0. The Hall–Kier alpha value is 4.00. The molecule has 0 fully saturated rings. The Balaban J connectivity index is -0.00000001000. The molecule has 0 aromatic carbocycles. The second-order valence-electron chi connectivity index (χ2n) is 1.50. The summed E-state index contributed by atoms with van der Waals surface area (Å²) in [6.45, 7) is 0. The predicted molar refractivity (Wildman–Crippen MR) is 69.7 cm³/mol. The molecule has 0 spiro atoms. The third-order valence-corrected chi connectivity index (χ3v) is 0. The molecule has 72 valence electrons. The average molecular weight is 691 g/mol. The van der Waals surface area contributed by atoms with Crippen molar-refractivity contribution in [1.82, 2.24) is 0 Å². The first-order chi connectivity index (χ1) is 4.24. The van der Waals surface area contributed by atoms with Crippen LogP contribution >= 0.6 is 0 Å². The molecule has 0 nitrogen and oxygen atoms in total. The topological polar surface area (TPSA) is 0 Å². The van der Waals surface area contributed by atoms with E-state index in [2.05, 4.69) is 34.5 Å². The minimum atomic E-state index is 0. The molecule has 0 amide bonds. The largest absolute Gasteiger partial charge is 0 e. The number of hydrogen-bond donors (Lipinski definition) is 0. The summed E-state index contributed by atoms with van der Waals surface area (Å²) in [4.78, 5) is 0. The second-order valence-corrected chi connectivity index (χ2v) is 7.79. The summed E-state index contributed by atoms with van der Waals surface area (Å²) in [6, 6.07) is 0.